The minimum Gasteiger partial charge on any atom is -0.354 e. The molecule has 0 amide bonds. The van der Waals surface area contributed by atoms with E-state index in [0.29, 0.717) is 0 Å². The van der Waals surface area contributed by atoms with E-state index in [1.165, 1.54) is 33.3 Å². The summed E-state index contributed by atoms with van der Waals surface area (Å²) in [6.07, 6.45) is 3.15. The minimum atomic E-state index is 0.738. The van der Waals surface area contributed by atoms with Crippen molar-refractivity contribution in [3.8, 4) is 11.3 Å². The van der Waals surface area contributed by atoms with Gasteiger partial charge in [0, 0.05) is 27.2 Å². The first-order valence-electron chi connectivity index (χ1n) is 8.18. The Morgan fingerprint density at radius 2 is 1.87 bits per heavy atom. The number of aromatic nitrogens is 1. The minimum absolute atomic E-state index is 0.738. The fraction of sp³-hybridized carbons (Fsp3) is 0.300. The molecule has 0 radical (unpaired) electrons. The molecular weight excluding hydrogens is 304 g/mol. The number of aromatic amines is 1. The Kier molecular flexibility index (Phi) is 4.74. The molecule has 1 heterocycles. The number of hydrogen-bond donors (Lipinski definition) is 2. The highest BCUT2D eigenvalue weighted by atomic mass is 35.5. The number of H-pyrrole nitrogens is 1. The van der Waals surface area contributed by atoms with Crippen LogP contribution in [0.4, 0.5) is 0 Å². The molecule has 0 saturated carbocycles. The molecule has 0 unspecified atom stereocenters. The number of fused-ring (bicyclic) bond motifs is 1. The molecule has 3 aromatic rings. The number of nitrogens with two attached hydrogens (primary N) is 1. The highest BCUT2D eigenvalue weighted by Gasteiger charge is 2.15. The van der Waals surface area contributed by atoms with Crippen LogP contribution in [-0.4, -0.2) is 11.5 Å². The van der Waals surface area contributed by atoms with Crippen LogP contribution in [0.25, 0.3) is 22.2 Å². The zero-order chi connectivity index (χ0) is 16.4. The van der Waals surface area contributed by atoms with Gasteiger partial charge in [-0.1, -0.05) is 35.4 Å². The molecule has 2 aromatic carbocycles. The Bertz CT molecular complexity index is 833. The molecule has 0 spiro atoms. The maximum absolute atomic E-state index is 6.23. The van der Waals surface area contributed by atoms with Crippen LogP contribution in [0.5, 0.6) is 0 Å². The van der Waals surface area contributed by atoms with E-state index in [2.05, 4.69) is 49.2 Å². The van der Waals surface area contributed by atoms with Crippen LogP contribution < -0.4 is 5.73 Å². The van der Waals surface area contributed by atoms with Gasteiger partial charge in [0.05, 0.1) is 0 Å². The van der Waals surface area contributed by atoms with Gasteiger partial charge in [-0.15, -0.1) is 0 Å². The van der Waals surface area contributed by atoms with Crippen LogP contribution in [0.3, 0.4) is 0 Å². The Morgan fingerprint density at radius 3 is 2.61 bits per heavy atom. The number of rotatable bonds is 5. The molecule has 0 aliphatic rings. The summed E-state index contributed by atoms with van der Waals surface area (Å²) >= 11 is 6.23. The van der Waals surface area contributed by atoms with Crippen molar-refractivity contribution in [1.29, 1.82) is 0 Å². The topological polar surface area (TPSA) is 41.8 Å². The van der Waals surface area contributed by atoms with Crippen molar-refractivity contribution in [2.24, 2.45) is 5.73 Å². The van der Waals surface area contributed by atoms with Gasteiger partial charge in [-0.25, -0.2) is 0 Å². The molecule has 0 aliphatic carbocycles. The van der Waals surface area contributed by atoms with Gasteiger partial charge in [0.25, 0.3) is 0 Å². The van der Waals surface area contributed by atoms with Crippen LogP contribution >= 0.6 is 11.6 Å². The van der Waals surface area contributed by atoms with Crippen molar-refractivity contribution < 1.29 is 0 Å². The van der Waals surface area contributed by atoms with Crippen molar-refractivity contribution in [3.05, 3.63) is 58.1 Å². The zero-order valence-electron chi connectivity index (χ0n) is 13.7. The summed E-state index contributed by atoms with van der Waals surface area (Å²) in [5.41, 5.74) is 13.2. The molecule has 0 bridgehead atoms. The second kappa shape index (κ2) is 6.77. The molecule has 3 N–H and O–H groups in total. The first kappa shape index (κ1) is 16.1. The summed E-state index contributed by atoms with van der Waals surface area (Å²) in [6.45, 7) is 5.04. The molecule has 1 aromatic heterocycles. The third kappa shape index (κ3) is 3.29. The molecule has 23 heavy (non-hydrogen) atoms. The van der Waals surface area contributed by atoms with Gasteiger partial charge in [0.2, 0.25) is 0 Å². The lowest BCUT2D eigenvalue weighted by atomic mass is 9.97. The SMILES string of the molecule is Cc1ccc(-c2[nH]c3ccc(Cl)cc3c2CCCCN)c(C)c1. The van der Waals surface area contributed by atoms with Gasteiger partial charge in [-0.3, -0.25) is 0 Å². The number of nitrogens with one attached hydrogen (secondary N) is 1. The van der Waals surface area contributed by atoms with Gasteiger partial charge >= 0.3 is 0 Å². The van der Waals surface area contributed by atoms with Crippen LogP contribution in [0, 0.1) is 13.8 Å². The van der Waals surface area contributed by atoms with Crippen molar-refractivity contribution in [2.45, 2.75) is 33.1 Å². The lowest BCUT2D eigenvalue weighted by Crippen LogP contribution is -1.99. The third-order valence-corrected chi connectivity index (χ3v) is 4.64. The normalized spacial score (nSPS) is 11.3. The number of halogens is 1. The summed E-state index contributed by atoms with van der Waals surface area (Å²) in [4.78, 5) is 3.61. The van der Waals surface area contributed by atoms with E-state index in [4.69, 9.17) is 17.3 Å². The van der Waals surface area contributed by atoms with E-state index in [0.717, 1.165) is 36.3 Å². The predicted molar refractivity (Wildman–Crippen MR) is 100 cm³/mol. The Balaban J connectivity index is 2.16. The Labute approximate surface area is 142 Å². The fourth-order valence-electron chi connectivity index (χ4n) is 3.25. The van der Waals surface area contributed by atoms with Crippen LogP contribution in [-0.2, 0) is 6.42 Å². The lowest BCUT2D eigenvalue weighted by Gasteiger charge is -2.09. The molecule has 2 nitrogen and oxygen atoms in total. The van der Waals surface area contributed by atoms with E-state index < -0.39 is 0 Å². The smallest absolute Gasteiger partial charge is 0.0500 e. The maximum Gasteiger partial charge on any atom is 0.0500 e. The third-order valence-electron chi connectivity index (χ3n) is 4.40. The maximum atomic E-state index is 6.23. The largest absolute Gasteiger partial charge is 0.354 e. The first-order valence-corrected chi connectivity index (χ1v) is 8.55. The van der Waals surface area contributed by atoms with Crippen LogP contribution in [0.1, 0.15) is 29.5 Å². The van der Waals surface area contributed by atoms with Crippen molar-refractivity contribution in [3.63, 3.8) is 0 Å². The van der Waals surface area contributed by atoms with Gasteiger partial charge in [0.1, 0.15) is 0 Å². The van der Waals surface area contributed by atoms with Gasteiger partial charge < -0.3 is 10.7 Å². The second-order valence-corrected chi connectivity index (χ2v) is 6.67. The highest BCUT2D eigenvalue weighted by Crippen LogP contribution is 2.34. The predicted octanol–water partition coefficient (Wildman–Crippen LogP) is 5.39. The van der Waals surface area contributed by atoms with Gasteiger partial charge in [-0.05, 0) is 69.0 Å². The van der Waals surface area contributed by atoms with Crippen LogP contribution in [0.15, 0.2) is 36.4 Å². The molecule has 3 heteroatoms. The summed E-state index contributed by atoms with van der Waals surface area (Å²) in [5.74, 6) is 0. The van der Waals surface area contributed by atoms with Crippen LogP contribution in [0.2, 0.25) is 5.02 Å². The molecule has 120 valence electrons. The monoisotopic (exact) mass is 326 g/mol. The van der Waals surface area contributed by atoms with E-state index in [9.17, 15) is 0 Å². The van der Waals surface area contributed by atoms with E-state index in [1.54, 1.807) is 0 Å². The molecule has 0 saturated heterocycles. The van der Waals surface area contributed by atoms with Crippen molar-refractivity contribution >= 4 is 22.5 Å². The summed E-state index contributed by atoms with van der Waals surface area (Å²) in [7, 11) is 0. The van der Waals surface area contributed by atoms with Crippen molar-refractivity contribution in [2.75, 3.05) is 6.54 Å². The van der Waals surface area contributed by atoms with Crippen molar-refractivity contribution in [1.82, 2.24) is 4.98 Å². The summed E-state index contributed by atoms with van der Waals surface area (Å²) in [5, 5.41) is 2.01. The van der Waals surface area contributed by atoms with E-state index in [1.807, 2.05) is 6.07 Å². The van der Waals surface area contributed by atoms with Gasteiger partial charge in [0.15, 0.2) is 0 Å². The lowest BCUT2D eigenvalue weighted by molar-refractivity contribution is 0.748. The van der Waals surface area contributed by atoms with E-state index >= 15 is 0 Å². The van der Waals surface area contributed by atoms with E-state index in [-0.39, 0.29) is 0 Å². The fourth-order valence-corrected chi connectivity index (χ4v) is 3.42. The standard InChI is InChI=1S/C20H23ClN2/c1-13-6-8-16(14(2)11-13)20-17(5-3-4-10-22)18-12-15(21)7-9-19(18)23-20/h6-9,11-12,23H,3-5,10,22H2,1-2H3. The number of hydrogen-bond acceptors (Lipinski definition) is 1. The average Bonchev–Trinajstić information content (AvgIpc) is 2.85. The molecule has 3 rings (SSSR count). The molecule has 0 aliphatic heterocycles. The highest BCUT2D eigenvalue weighted by molar-refractivity contribution is 6.31. The number of unbranched alkanes of at least 4 members (excludes halogenated alkanes) is 1. The Morgan fingerprint density at radius 1 is 1.04 bits per heavy atom. The number of aryl methyl sites for hydroxylation is 3. The molecular formula is C20H23ClN2. The number of benzene rings is 2. The average molecular weight is 327 g/mol. The summed E-state index contributed by atoms with van der Waals surface area (Å²) in [6, 6.07) is 12.7. The molecule has 0 fully saturated rings. The zero-order valence-corrected chi connectivity index (χ0v) is 14.5. The van der Waals surface area contributed by atoms with Gasteiger partial charge in [-0.2, -0.15) is 0 Å². The first-order chi connectivity index (χ1) is 11.1. The Hall–Kier alpha value is -1.77. The summed E-state index contributed by atoms with van der Waals surface area (Å²) < 4.78 is 0. The second-order valence-electron chi connectivity index (χ2n) is 6.23. The quantitative estimate of drug-likeness (QED) is 0.607. The molecule has 0 atom stereocenters.